The van der Waals surface area contributed by atoms with Gasteiger partial charge in [0.1, 0.15) is 6.04 Å². The van der Waals surface area contributed by atoms with Crippen LogP contribution < -0.4 is 0 Å². The molecule has 2 rings (SSSR count). The predicted octanol–water partition coefficient (Wildman–Crippen LogP) is 1.31. The van der Waals surface area contributed by atoms with Crippen LogP contribution in [-0.2, 0) is 14.8 Å². The maximum atomic E-state index is 12.4. The largest absolute Gasteiger partial charge is 0.480 e. The molecule has 0 amide bonds. The van der Waals surface area contributed by atoms with E-state index in [1.54, 1.807) is 0 Å². The van der Waals surface area contributed by atoms with E-state index in [1.165, 1.54) is 18.2 Å². The first-order valence-corrected chi connectivity index (χ1v) is 8.22. The molecule has 0 aliphatic carbocycles. The Morgan fingerprint density at radius 2 is 2.10 bits per heavy atom. The Labute approximate surface area is 129 Å². The van der Waals surface area contributed by atoms with E-state index in [1.807, 2.05) is 0 Å². The summed E-state index contributed by atoms with van der Waals surface area (Å²) in [5.74, 6) is -1.28. The number of carbonyl (C=O) groups is 1. The van der Waals surface area contributed by atoms with Crippen LogP contribution in [0.5, 0.6) is 0 Å². The minimum absolute atomic E-state index is 0.0749. The van der Waals surface area contributed by atoms with Crippen LogP contribution in [0.25, 0.3) is 0 Å². The molecule has 6 nitrogen and oxygen atoms in total. The van der Waals surface area contributed by atoms with E-state index in [2.05, 4.69) is 15.9 Å². The summed E-state index contributed by atoms with van der Waals surface area (Å²) in [5, 5.41) is 18.9. The van der Waals surface area contributed by atoms with Crippen molar-refractivity contribution in [2.24, 2.45) is 0 Å². The lowest BCUT2D eigenvalue weighted by molar-refractivity contribution is -0.140. The quantitative estimate of drug-likeness (QED) is 0.819. The Morgan fingerprint density at radius 3 is 2.65 bits per heavy atom. The summed E-state index contributed by atoms with van der Waals surface area (Å²) in [6.45, 7) is -0.237. The van der Waals surface area contributed by atoms with Crippen molar-refractivity contribution in [2.45, 2.75) is 23.5 Å². The number of hydrogen-bond acceptors (Lipinski definition) is 4. The first kappa shape index (κ1) is 15.7. The second-order valence-corrected chi connectivity index (χ2v) is 7.55. The van der Waals surface area contributed by atoms with Crippen molar-refractivity contribution in [3.8, 4) is 0 Å². The average Bonchev–Trinajstić information content (AvgIpc) is 2.75. The molecule has 0 radical (unpaired) electrons. The molecule has 2 N–H and O–H groups in total. The highest BCUT2D eigenvalue weighted by atomic mass is 79.9. The van der Waals surface area contributed by atoms with Gasteiger partial charge in [0.05, 0.1) is 16.0 Å². The number of rotatable bonds is 3. The number of nitrogens with zero attached hydrogens (tertiary/aromatic N) is 1. The number of sulfonamides is 1. The molecule has 9 heteroatoms. The molecule has 0 spiro atoms. The Balaban J connectivity index is 2.43. The van der Waals surface area contributed by atoms with Gasteiger partial charge in [0.15, 0.2) is 0 Å². The van der Waals surface area contributed by atoms with Crippen LogP contribution in [0.4, 0.5) is 0 Å². The second-order valence-electron chi connectivity index (χ2n) is 4.39. The fraction of sp³-hybridized carbons (Fsp3) is 0.364. The molecule has 1 aliphatic heterocycles. The zero-order chi connectivity index (χ0) is 15.1. The van der Waals surface area contributed by atoms with Gasteiger partial charge in [-0.05, 0) is 34.1 Å². The summed E-state index contributed by atoms with van der Waals surface area (Å²) >= 11 is 8.93. The van der Waals surface area contributed by atoms with Crippen LogP contribution in [-0.4, -0.2) is 47.6 Å². The fourth-order valence-corrected chi connectivity index (χ4v) is 4.35. The average molecular weight is 385 g/mol. The van der Waals surface area contributed by atoms with E-state index in [-0.39, 0.29) is 17.9 Å². The zero-order valence-corrected chi connectivity index (χ0v) is 13.2. The number of aliphatic carboxylic acids is 1. The number of aliphatic hydroxyl groups excluding tert-OH is 1. The van der Waals surface area contributed by atoms with E-state index < -0.39 is 28.1 Å². The van der Waals surface area contributed by atoms with Crippen LogP contribution in [0.3, 0.4) is 0 Å². The van der Waals surface area contributed by atoms with Gasteiger partial charge in [-0.15, -0.1) is 0 Å². The predicted molar refractivity (Wildman–Crippen MR) is 75.1 cm³/mol. The fourth-order valence-electron chi connectivity index (χ4n) is 2.05. The number of aliphatic hydroxyl groups is 1. The highest BCUT2D eigenvalue weighted by molar-refractivity contribution is 9.10. The summed E-state index contributed by atoms with van der Waals surface area (Å²) in [5.41, 5.74) is 0. The minimum atomic E-state index is -4.00. The first-order valence-electron chi connectivity index (χ1n) is 5.61. The molecule has 20 heavy (non-hydrogen) atoms. The normalized spacial score (nSPS) is 23.9. The highest BCUT2D eigenvalue weighted by Gasteiger charge is 2.43. The maximum absolute atomic E-state index is 12.4. The Hall–Kier alpha value is -0.670. The zero-order valence-electron chi connectivity index (χ0n) is 10.0. The van der Waals surface area contributed by atoms with E-state index in [0.29, 0.717) is 9.50 Å². The summed E-state index contributed by atoms with van der Waals surface area (Å²) < 4.78 is 26.1. The van der Waals surface area contributed by atoms with Gasteiger partial charge >= 0.3 is 5.97 Å². The molecular weight excluding hydrogens is 374 g/mol. The highest BCUT2D eigenvalue weighted by Crippen LogP contribution is 2.30. The molecule has 1 aliphatic rings. The second kappa shape index (κ2) is 5.61. The molecule has 1 saturated heterocycles. The van der Waals surface area contributed by atoms with Crippen molar-refractivity contribution < 1.29 is 23.4 Å². The Morgan fingerprint density at radius 1 is 1.45 bits per heavy atom. The molecule has 0 unspecified atom stereocenters. The summed E-state index contributed by atoms with van der Waals surface area (Å²) in [6, 6.07) is 2.75. The molecule has 1 aromatic rings. The minimum Gasteiger partial charge on any atom is -0.480 e. The molecule has 0 aromatic heterocycles. The van der Waals surface area contributed by atoms with Crippen molar-refractivity contribution >= 4 is 43.5 Å². The van der Waals surface area contributed by atoms with Gasteiger partial charge in [-0.2, -0.15) is 4.31 Å². The topological polar surface area (TPSA) is 94.9 Å². The molecule has 1 heterocycles. The number of benzene rings is 1. The number of halogens is 2. The third-order valence-electron chi connectivity index (χ3n) is 3.02. The number of hydrogen-bond donors (Lipinski definition) is 2. The molecule has 0 saturated carbocycles. The van der Waals surface area contributed by atoms with Gasteiger partial charge in [-0.1, -0.05) is 11.6 Å². The van der Waals surface area contributed by atoms with E-state index >= 15 is 0 Å². The molecule has 2 atom stereocenters. The summed E-state index contributed by atoms with van der Waals surface area (Å²) in [4.78, 5) is 11.0. The standard InChI is InChI=1S/C11H11BrClNO5S/c12-8-4-7(1-2-9(8)13)20(18,19)14-5-6(15)3-10(14)11(16)17/h1-2,4,6,10,15H,3,5H2,(H,16,17)/t6-,10-/m0/s1. The first-order chi connectivity index (χ1) is 9.23. The van der Waals surface area contributed by atoms with Gasteiger partial charge in [0, 0.05) is 17.4 Å². The third-order valence-corrected chi connectivity index (χ3v) is 6.10. The number of carboxylic acids is 1. The van der Waals surface area contributed by atoms with Crippen molar-refractivity contribution in [1.29, 1.82) is 0 Å². The van der Waals surface area contributed by atoms with Gasteiger partial charge in [0.25, 0.3) is 0 Å². The molecule has 0 bridgehead atoms. The van der Waals surface area contributed by atoms with Crippen LogP contribution in [0.2, 0.25) is 5.02 Å². The number of β-amino-alcohol motifs (C(OH)–C–C–N with tert-alkyl or cyclic N) is 1. The van der Waals surface area contributed by atoms with E-state index in [9.17, 15) is 18.3 Å². The molecule has 1 fully saturated rings. The van der Waals surface area contributed by atoms with Gasteiger partial charge in [-0.3, -0.25) is 4.79 Å². The van der Waals surface area contributed by atoms with Crippen molar-refractivity contribution in [3.63, 3.8) is 0 Å². The van der Waals surface area contributed by atoms with Gasteiger partial charge < -0.3 is 10.2 Å². The van der Waals surface area contributed by atoms with Crippen molar-refractivity contribution in [2.75, 3.05) is 6.54 Å². The molecular formula is C11H11BrClNO5S. The molecule has 1 aromatic carbocycles. The third kappa shape index (κ3) is 2.84. The molecule has 110 valence electrons. The van der Waals surface area contributed by atoms with Crippen LogP contribution in [0.1, 0.15) is 6.42 Å². The van der Waals surface area contributed by atoms with Crippen LogP contribution >= 0.6 is 27.5 Å². The van der Waals surface area contributed by atoms with Crippen molar-refractivity contribution in [1.82, 2.24) is 4.31 Å². The van der Waals surface area contributed by atoms with E-state index in [0.717, 1.165) is 4.31 Å². The van der Waals surface area contributed by atoms with Crippen LogP contribution in [0.15, 0.2) is 27.6 Å². The lowest BCUT2D eigenvalue weighted by atomic mass is 10.2. The van der Waals surface area contributed by atoms with Gasteiger partial charge in [0.2, 0.25) is 10.0 Å². The lowest BCUT2D eigenvalue weighted by Gasteiger charge is -2.20. The van der Waals surface area contributed by atoms with Gasteiger partial charge in [-0.25, -0.2) is 8.42 Å². The maximum Gasteiger partial charge on any atom is 0.322 e. The summed E-state index contributed by atoms with van der Waals surface area (Å²) in [7, 11) is -4.00. The monoisotopic (exact) mass is 383 g/mol. The SMILES string of the molecule is O=C(O)[C@@H]1C[C@H](O)CN1S(=O)(=O)c1ccc(Cl)c(Br)c1. The van der Waals surface area contributed by atoms with Crippen molar-refractivity contribution in [3.05, 3.63) is 27.7 Å². The van der Waals surface area contributed by atoms with E-state index in [4.69, 9.17) is 16.7 Å². The lowest BCUT2D eigenvalue weighted by Crippen LogP contribution is -2.40. The smallest absolute Gasteiger partial charge is 0.322 e. The number of carboxylic acid groups (broad SMARTS) is 1. The summed E-state index contributed by atoms with van der Waals surface area (Å²) in [6.07, 6.45) is -1.11. The van der Waals surface area contributed by atoms with Crippen LogP contribution in [0, 0.1) is 0 Å². The Bertz CT molecular complexity index is 650. The Kier molecular flexibility index (Phi) is 4.41.